The van der Waals surface area contributed by atoms with Crippen molar-refractivity contribution in [3.8, 4) is 6.07 Å². The second-order valence-electron chi connectivity index (χ2n) is 7.49. The van der Waals surface area contributed by atoms with Gasteiger partial charge in [0, 0.05) is 32.6 Å². The Morgan fingerprint density at radius 1 is 1.33 bits per heavy atom. The molecule has 5 nitrogen and oxygen atoms in total. The molecule has 1 heterocycles. The Morgan fingerprint density at radius 2 is 2.17 bits per heavy atom. The van der Waals surface area contributed by atoms with Crippen molar-refractivity contribution in [3.63, 3.8) is 0 Å². The number of hydrogen-bond donors (Lipinski definition) is 0. The van der Waals surface area contributed by atoms with E-state index in [1.54, 1.807) is 35.9 Å². The normalized spacial score (nSPS) is 18.0. The number of allylic oxidation sites excluding steroid dienone is 5. The molecular weight excluding hydrogens is 374 g/mol. The number of benzene rings is 1. The van der Waals surface area contributed by atoms with Crippen LogP contribution in [0.15, 0.2) is 77.6 Å². The SMILES string of the molecule is CC(=O)N(C)[C@H]1CCN(C(=O)C2=CC=C(/C=C/Cc3cccc(C#N)c3)C=C=C2)C1. The Balaban J connectivity index is 1.62. The van der Waals surface area contributed by atoms with Crippen LogP contribution >= 0.6 is 0 Å². The highest BCUT2D eigenvalue weighted by Gasteiger charge is 2.30. The van der Waals surface area contributed by atoms with E-state index >= 15 is 0 Å². The van der Waals surface area contributed by atoms with Gasteiger partial charge in [-0.3, -0.25) is 9.59 Å². The first kappa shape index (κ1) is 21.1. The number of amides is 2. The van der Waals surface area contributed by atoms with Crippen LogP contribution in [0.2, 0.25) is 0 Å². The van der Waals surface area contributed by atoms with E-state index < -0.39 is 0 Å². The topological polar surface area (TPSA) is 64.4 Å². The van der Waals surface area contributed by atoms with Gasteiger partial charge >= 0.3 is 0 Å². The summed E-state index contributed by atoms with van der Waals surface area (Å²) in [5.41, 5.74) is 6.34. The maximum atomic E-state index is 12.9. The minimum absolute atomic E-state index is 0.0181. The number of nitriles is 1. The lowest BCUT2D eigenvalue weighted by Gasteiger charge is -2.23. The Labute approximate surface area is 177 Å². The first-order chi connectivity index (χ1) is 14.5. The van der Waals surface area contributed by atoms with E-state index in [9.17, 15) is 9.59 Å². The summed E-state index contributed by atoms with van der Waals surface area (Å²) in [4.78, 5) is 27.9. The van der Waals surface area contributed by atoms with Gasteiger partial charge in [-0.25, -0.2) is 0 Å². The third-order valence-corrected chi connectivity index (χ3v) is 5.41. The van der Waals surface area contributed by atoms with E-state index in [2.05, 4.69) is 11.8 Å². The molecule has 1 fully saturated rings. The van der Waals surface area contributed by atoms with Gasteiger partial charge in [-0.15, -0.1) is 5.73 Å². The summed E-state index contributed by atoms with van der Waals surface area (Å²) in [6, 6.07) is 9.77. The minimum atomic E-state index is -0.0369. The molecule has 30 heavy (non-hydrogen) atoms. The second kappa shape index (κ2) is 9.73. The molecule has 152 valence electrons. The van der Waals surface area contributed by atoms with Crippen molar-refractivity contribution < 1.29 is 9.59 Å². The van der Waals surface area contributed by atoms with Crippen LogP contribution in [-0.4, -0.2) is 47.8 Å². The molecule has 1 aliphatic carbocycles. The summed E-state index contributed by atoms with van der Waals surface area (Å²) >= 11 is 0. The van der Waals surface area contributed by atoms with Crippen LogP contribution in [0.5, 0.6) is 0 Å². The second-order valence-corrected chi connectivity index (χ2v) is 7.49. The van der Waals surface area contributed by atoms with E-state index in [1.807, 2.05) is 48.6 Å². The molecular formula is C25H25N3O2. The van der Waals surface area contributed by atoms with Gasteiger partial charge in [-0.2, -0.15) is 5.26 Å². The van der Waals surface area contributed by atoms with E-state index in [1.165, 1.54) is 0 Å². The zero-order valence-electron chi connectivity index (χ0n) is 17.3. The smallest absolute Gasteiger partial charge is 0.254 e. The minimum Gasteiger partial charge on any atom is -0.341 e. The zero-order chi connectivity index (χ0) is 21.5. The summed E-state index contributed by atoms with van der Waals surface area (Å²) in [6.45, 7) is 2.75. The first-order valence-corrected chi connectivity index (χ1v) is 10.0. The molecule has 3 rings (SSSR count). The van der Waals surface area contributed by atoms with Crippen LogP contribution in [-0.2, 0) is 16.0 Å². The van der Waals surface area contributed by atoms with Crippen LogP contribution in [0.4, 0.5) is 0 Å². The van der Waals surface area contributed by atoms with Crippen molar-refractivity contribution in [2.45, 2.75) is 25.8 Å². The van der Waals surface area contributed by atoms with Gasteiger partial charge in [0.1, 0.15) is 0 Å². The Morgan fingerprint density at radius 3 is 2.93 bits per heavy atom. The van der Waals surface area contributed by atoms with E-state index in [0.717, 1.165) is 24.0 Å². The lowest BCUT2D eigenvalue weighted by atomic mass is 10.1. The highest BCUT2D eigenvalue weighted by Crippen LogP contribution is 2.18. The molecule has 2 amide bonds. The molecule has 0 aromatic heterocycles. The van der Waals surface area contributed by atoms with Crippen molar-refractivity contribution in [1.82, 2.24) is 9.80 Å². The zero-order valence-corrected chi connectivity index (χ0v) is 17.3. The molecule has 5 heteroatoms. The average Bonchev–Trinajstić information content (AvgIpc) is 3.13. The number of carbonyl (C=O) groups is 2. The van der Waals surface area contributed by atoms with E-state index in [4.69, 9.17) is 5.26 Å². The monoisotopic (exact) mass is 399 g/mol. The Kier molecular flexibility index (Phi) is 6.85. The van der Waals surface area contributed by atoms with Crippen LogP contribution in [0.25, 0.3) is 0 Å². The molecule has 1 aromatic rings. The third kappa shape index (κ3) is 5.26. The summed E-state index contributed by atoms with van der Waals surface area (Å²) in [6.07, 6.45) is 12.8. The number of likely N-dealkylation sites (N-methyl/N-ethyl adjacent to an activating group) is 1. The van der Waals surface area contributed by atoms with E-state index in [-0.39, 0.29) is 17.9 Å². The Hall–Kier alpha value is -3.61. The number of rotatable bonds is 5. The molecule has 0 radical (unpaired) electrons. The summed E-state index contributed by atoms with van der Waals surface area (Å²) in [5, 5.41) is 8.99. The van der Waals surface area contributed by atoms with Crippen molar-refractivity contribution in [2.75, 3.05) is 20.1 Å². The van der Waals surface area contributed by atoms with Crippen LogP contribution in [0.3, 0.4) is 0 Å². The molecule has 1 atom stereocenters. The van der Waals surface area contributed by atoms with Crippen molar-refractivity contribution in [1.29, 1.82) is 5.26 Å². The third-order valence-electron chi connectivity index (χ3n) is 5.41. The highest BCUT2D eigenvalue weighted by atomic mass is 16.2. The molecule has 0 saturated carbocycles. The Bertz CT molecular complexity index is 1030. The number of nitrogens with zero attached hydrogens (tertiary/aromatic N) is 3. The van der Waals surface area contributed by atoms with Crippen LogP contribution in [0, 0.1) is 11.3 Å². The van der Waals surface area contributed by atoms with Gasteiger partial charge in [0.25, 0.3) is 5.91 Å². The maximum absolute atomic E-state index is 12.9. The quantitative estimate of drug-likeness (QED) is 0.714. The molecule has 1 aromatic carbocycles. The number of hydrogen-bond acceptors (Lipinski definition) is 3. The van der Waals surface area contributed by atoms with Crippen molar-refractivity contribution in [2.24, 2.45) is 0 Å². The summed E-state index contributed by atoms with van der Waals surface area (Å²) < 4.78 is 0. The van der Waals surface area contributed by atoms with Crippen molar-refractivity contribution in [3.05, 3.63) is 88.7 Å². The number of likely N-dealkylation sites (tertiary alicyclic amines) is 1. The summed E-state index contributed by atoms with van der Waals surface area (Å²) in [5.74, 6) is -0.0188. The fraction of sp³-hybridized carbons (Fsp3) is 0.280. The molecule has 0 N–H and O–H groups in total. The fourth-order valence-electron chi connectivity index (χ4n) is 3.53. The van der Waals surface area contributed by atoms with Gasteiger partial charge in [0.05, 0.1) is 17.7 Å². The van der Waals surface area contributed by atoms with Gasteiger partial charge in [-0.1, -0.05) is 30.4 Å². The predicted octanol–water partition coefficient (Wildman–Crippen LogP) is 3.31. The molecule has 1 aliphatic heterocycles. The molecule has 0 unspecified atom stereocenters. The summed E-state index contributed by atoms with van der Waals surface area (Å²) in [7, 11) is 1.78. The fourth-order valence-corrected chi connectivity index (χ4v) is 3.53. The number of carbonyl (C=O) groups excluding carboxylic acids is 2. The highest BCUT2D eigenvalue weighted by molar-refractivity contribution is 5.97. The molecule has 0 bridgehead atoms. The molecule has 1 saturated heterocycles. The van der Waals surface area contributed by atoms with Gasteiger partial charge in [0.15, 0.2) is 0 Å². The lowest BCUT2D eigenvalue weighted by Crippen LogP contribution is -2.39. The van der Waals surface area contributed by atoms with Crippen LogP contribution in [0.1, 0.15) is 24.5 Å². The largest absolute Gasteiger partial charge is 0.341 e. The van der Waals surface area contributed by atoms with Crippen LogP contribution < -0.4 is 0 Å². The molecule has 0 spiro atoms. The average molecular weight is 399 g/mol. The van der Waals surface area contributed by atoms with E-state index in [0.29, 0.717) is 24.2 Å². The van der Waals surface area contributed by atoms with Gasteiger partial charge < -0.3 is 9.80 Å². The predicted molar refractivity (Wildman–Crippen MR) is 116 cm³/mol. The maximum Gasteiger partial charge on any atom is 0.254 e. The van der Waals surface area contributed by atoms with Gasteiger partial charge in [-0.05, 0) is 54.3 Å². The first-order valence-electron chi connectivity index (χ1n) is 10.0. The van der Waals surface area contributed by atoms with Crippen molar-refractivity contribution >= 4 is 11.8 Å². The lowest BCUT2D eigenvalue weighted by molar-refractivity contribution is -0.130. The van der Waals surface area contributed by atoms with Gasteiger partial charge in [0.2, 0.25) is 5.91 Å². The standard InChI is InChI=1S/C25H25N3O2/c1-19(29)27(2)24-14-15-28(18-24)25(30)23-11-5-7-20(12-13-23)6-3-8-21-9-4-10-22(16-21)17-26/h3-4,6-7,9-13,16,24H,8,14-15,18H2,1-2H3/b6-3+/t24-/m0/s1. The molecule has 2 aliphatic rings.